The Hall–Kier alpha value is -1.01. The zero-order chi connectivity index (χ0) is 10.7. The SMILES string of the molecule is OB(O)c1cccc(C(F)C(F)F)c1. The first-order valence-electron chi connectivity index (χ1n) is 3.90. The number of hydrogen-bond donors (Lipinski definition) is 2. The van der Waals surface area contributed by atoms with Crippen molar-refractivity contribution in [1.82, 2.24) is 0 Å². The Morgan fingerprint density at radius 1 is 1.14 bits per heavy atom. The lowest BCUT2D eigenvalue weighted by molar-refractivity contribution is 0.0496. The summed E-state index contributed by atoms with van der Waals surface area (Å²) >= 11 is 0. The largest absolute Gasteiger partial charge is 0.488 e. The monoisotopic (exact) mass is 204 g/mol. The molecule has 0 aliphatic heterocycles. The van der Waals surface area contributed by atoms with Crippen LogP contribution in [0, 0.1) is 0 Å². The van der Waals surface area contributed by atoms with Gasteiger partial charge in [-0.2, -0.15) is 0 Å². The molecule has 1 rings (SSSR count). The average Bonchev–Trinajstić information content (AvgIpc) is 2.16. The molecule has 0 aliphatic carbocycles. The number of benzene rings is 1. The molecule has 0 saturated heterocycles. The lowest BCUT2D eigenvalue weighted by atomic mass is 9.79. The molecule has 1 unspecified atom stereocenters. The number of alkyl halides is 3. The van der Waals surface area contributed by atoms with E-state index >= 15 is 0 Å². The van der Waals surface area contributed by atoms with Crippen LogP contribution in [0.3, 0.4) is 0 Å². The fourth-order valence-corrected chi connectivity index (χ4v) is 1.04. The van der Waals surface area contributed by atoms with Crippen LogP contribution in [0.4, 0.5) is 13.2 Å². The van der Waals surface area contributed by atoms with E-state index in [-0.39, 0.29) is 11.0 Å². The van der Waals surface area contributed by atoms with Crippen LogP contribution in [0.25, 0.3) is 0 Å². The highest BCUT2D eigenvalue weighted by atomic mass is 19.3. The van der Waals surface area contributed by atoms with Crippen LogP contribution in [0.5, 0.6) is 0 Å². The fourth-order valence-electron chi connectivity index (χ4n) is 1.04. The van der Waals surface area contributed by atoms with Gasteiger partial charge in [-0.3, -0.25) is 0 Å². The molecule has 0 saturated carbocycles. The minimum atomic E-state index is -3.11. The van der Waals surface area contributed by atoms with E-state index in [9.17, 15) is 13.2 Å². The van der Waals surface area contributed by atoms with Crippen molar-refractivity contribution in [2.75, 3.05) is 0 Å². The lowest BCUT2D eigenvalue weighted by Crippen LogP contribution is -2.30. The summed E-state index contributed by atoms with van der Waals surface area (Å²) in [4.78, 5) is 0. The van der Waals surface area contributed by atoms with E-state index in [1.54, 1.807) is 0 Å². The molecule has 1 atom stereocenters. The molecule has 0 radical (unpaired) electrons. The smallest absolute Gasteiger partial charge is 0.423 e. The highest BCUT2D eigenvalue weighted by molar-refractivity contribution is 6.58. The van der Waals surface area contributed by atoms with Gasteiger partial charge in [0.15, 0.2) is 6.17 Å². The van der Waals surface area contributed by atoms with Crippen LogP contribution >= 0.6 is 0 Å². The maximum Gasteiger partial charge on any atom is 0.488 e. The van der Waals surface area contributed by atoms with Gasteiger partial charge < -0.3 is 10.0 Å². The zero-order valence-corrected chi connectivity index (χ0v) is 7.07. The second-order valence-electron chi connectivity index (χ2n) is 2.78. The fraction of sp³-hybridized carbons (Fsp3) is 0.250. The van der Waals surface area contributed by atoms with Gasteiger partial charge in [-0.1, -0.05) is 24.3 Å². The molecule has 2 nitrogen and oxygen atoms in total. The highest BCUT2D eigenvalue weighted by Crippen LogP contribution is 2.23. The van der Waals surface area contributed by atoms with Crippen molar-refractivity contribution >= 4 is 12.6 Å². The molecule has 6 heteroatoms. The topological polar surface area (TPSA) is 40.5 Å². The Bertz CT molecular complexity index is 306. The van der Waals surface area contributed by atoms with Crippen molar-refractivity contribution in [2.45, 2.75) is 12.6 Å². The van der Waals surface area contributed by atoms with Crippen molar-refractivity contribution in [2.24, 2.45) is 0 Å². The summed E-state index contributed by atoms with van der Waals surface area (Å²) < 4.78 is 36.7. The second-order valence-corrected chi connectivity index (χ2v) is 2.78. The van der Waals surface area contributed by atoms with E-state index in [0.29, 0.717) is 0 Å². The Balaban J connectivity index is 2.93. The van der Waals surface area contributed by atoms with Crippen LogP contribution in [0.1, 0.15) is 11.7 Å². The van der Waals surface area contributed by atoms with Gasteiger partial charge >= 0.3 is 7.12 Å². The Morgan fingerprint density at radius 2 is 1.79 bits per heavy atom. The third-order valence-electron chi connectivity index (χ3n) is 1.75. The van der Waals surface area contributed by atoms with Gasteiger partial charge in [-0.05, 0) is 11.0 Å². The summed E-state index contributed by atoms with van der Waals surface area (Å²) in [5.74, 6) is 0. The van der Waals surface area contributed by atoms with E-state index in [1.165, 1.54) is 18.2 Å². The summed E-state index contributed by atoms with van der Waals surface area (Å²) in [6.07, 6.45) is -5.50. The predicted octanol–water partition coefficient (Wildman–Crippen LogP) is 0.642. The third-order valence-corrected chi connectivity index (χ3v) is 1.75. The molecule has 0 aliphatic rings. The minimum absolute atomic E-state index is 0.00852. The Kier molecular flexibility index (Phi) is 3.54. The molecular formula is C8H8BF3O2. The van der Waals surface area contributed by atoms with E-state index in [4.69, 9.17) is 10.0 Å². The highest BCUT2D eigenvalue weighted by Gasteiger charge is 2.22. The molecule has 2 N–H and O–H groups in total. The molecular weight excluding hydrogens is 196 g/mol. The van der Waals surface area contributed by atoms with Gasteiger partial charge in [0.05, 0.1) is 0 Å². The van der Waals surface area contributed by atoms with Crippen molar-refractivity contribution in [3.05, 3.63) is 29.8 Å². The molecule has 1 aromatic carbocycles. The van der Waals surface area contributed by atoms with Gasteiger partial charge in [0, 0.05) is 0 Å². The van der Waals surface area contributed by atoms with Crippen LogP contribution in [0.15, 0.2) is 24.3 Å². The summed E-state index contributed by atoms with van der Waals surface area (Å²) in [5.41, 5.74) is -0.267. The van der Waals surface area contributed by atoms with Crippen molar-refractivity contribution < 1.29 is 23.2 Å². The molecule has 1 aromatic rings. The van der Waals surface area contributed by atoms with E-state index in [1.807, 2.05) is 0 Å². The first-order chi connectivity index (χ1) is 6.52. The summed E-state index contributed by atoms with van der Waals surface area (Å²) in [6.45, 7) is 0. The normalized spacial score (nSPS) is 13.0. The lowest BCUT2D eigenvalue weighted by Gasteiger charge is -2.08. The summed E-state index contributed by atoms with van der Waals surface area (Å²) in [7, 11) is -1.78. The predicted molar refractivity (Wildman–Crippen MR) is 46.1 cm³/mol. The summed E-state index contributed by atoms with van der Waals surface area (Å²) in [6, 6.07) is 4.77. The van der Waals surface area contributed by atoms with Crippen LogP contribution < -0.4 is 5.46 Å². The minimum Gasteiger partial charge on any atom is -0.423 e. The molecule has 0 heterocycles. The van der Waals surface area contributed by atoms with Crippen molar-refractivity contribution in [3.8, 4) is 0 Å². The van der Waals surface area contributed by atoms with Gasteiger partial charge in [0.1, 0.15) is 0 Å². The van der Waals surface area contributed by atoms with Gasteiger partial charge in [-0.25, -0.2) is 13.2 Å². The first-order valence-corrected chi connectivity index (χ1v) is 3.90. The molecule has 0 spiro atoms. The second kappa shape index (κ2) is 4.48. The van der Waals surface area contributed by atoms with Crippen LogP contribution in [-0.2, 0) is 0 Å². The van der Waals surface area contributed by atoms with Gasteiger partial charge in [0.2, 0.25) is 0 Å². The van der Waals surface area contributed by atoms with Crippen LogP contribution in [0.2, 0.25) is 0 Å². The molecule has 76 valence electrons. The standard InChI is InChI=1S/C8H8BF3O2/c10-7(8(11)12)5-2-1-3-6(4-5)9(13)14/h1-4,7-8,13-14H. The maximum atomic E-state index is 12.8. The van der Waals surface area contributed by atoms with Gasteiger partial charge in [0.25, 0.3) is 6.43 Å². The number of halogens is 3. The molecule has 0 aromatic heterocycles. The summed E-state index contributed by atoms with van der Waals surface area (Å²) in [5, 5.41) is 17.4. The third kappa shape index (κ3) is 2.49. The van der Waals surface area contributed by atoms with Crippen molar-refractivity contribution in [1.29, 1.82) is 0 Å². The number of rotatable bonds is 3. The van der Waals surface area contributed by atoms with E-state index < -0.39 is 19.7 Å². The average molecular weight is 204 g/mol. The Morgan fingerprint density at radius 3 is 2.29 bits per heavy atom. The van der Waals surface area contributed by atoms with E-state index in [2.05, 4.69) is 0 Å². The Labute approximate surface area is 79.1 Å². The first kappa shape index (κ1) is 11.1. The van der Waals surface area contributed by atoms with E-state index in [0.717, 1.165) is 6.07 Å². The molecule has 0 fully saturated rings. The zero-order valence-electron chi connectivity index (χ0n) is 7.07. The maximum absolute atomic E-state index is 12.8. The quantitative estimate of drug-likeness (QED) is 0.709. The molecule has 0 amide bonds. The molecule has 0 bridgehead atoms. The van der Waals surface area contributed by atoms with Crippen LogP contribution in [-0.4, -0.2) is 23.6 Å². The molecule has 14 heavy (non-hydrogen) atoms. The van der Waals surface area contributed by atoms with Gasteiger partial charge in [-0.15, -0.1) is 0 Å². The van der Waals surface area contributed by atoms with Crippen molar-refractivity contribution in [3.63, 3.8) is 0 Å². The number of hydrogen-bond acceptors (Lipinski definition) is 2.